The number of aliphatic hydroxyl groups is 1. The Morgan fingerprint density at radius 1 is 1.32 bits per heavy atom. The Morgan fingerprint density at radius 2 is 2.10 bits per heavy atom. The summed E-state index contributed by atoms with van der Waals surface area (Å²) >= 11 is 0. The van der Waals surface area contributed by atoms with Crippen molar-refractivity contribution >= 4 is 11.8 Å². The highest BCUT2D eigenvalue weighted by Crippen LogP contribution is 2.52. The maximum absolute atomic E-state index is 12.7. The zero-order valence-corrected chi connectivity index (χ0v) is 17.2. The van der Waals surface area contributed by atoms with Crippen LogP contribution in [0.4, 0.5) is 0 Å². The Kier molecular flexibility index (Phi) is 4.84. The summed E-state index contributed by atoms with van der Waals surface area (Å²) in [7, 11) is 0. The van der Waals surface area contributed by atoms with Crippen LogP contribution in [0.15, 0.2) is 30.5 Å². The minimum Gasteiger partial charge on any atom is -0.457 e. The van der Waals surface area contributed by atoms with Crippen LogP contribution in [-0.2, 0) is 22.6 Å². The molecule has 2 unspecified atom stereocenters. The molecule has 3 heterocycles. The number of likely N-dealkylation sites (tertiary alicyclic amines) is 1. The van der Waals surface area contributed by atoms with Crippen molar-refractivity contribution in [1.82, 2.24) is 9.88 Å². The van der Waals surface area contributed by atoms with Gasteiger partial charge in [0.2, 0.25) is 0 Å². The molecule has 31 heavy (non-hydrogen) atoms. The highest BCUT2D eigenvalue weighted by atomic mass is 16.5. The van der Waals surface area contributed by atoms with E-state index < -0.39 is 6.10 Å². The van der Waals surface area contributed by atoms with Gasteiger partial charge in [-0.3, -0.25) is 14.7 Å². The second-order valence-electron chi connectivity index (χ2n) is 8.76. The lowest BCUT2D eigenvalue weighted by molar-refractivity contribution is -0.120. The summed E-state index contributed by atoms with van der Waals surface area (Å²) in [6, 6.07) is 9.02. The standard InChI is InChI=1S/C24H23N3O4/c1-13-16(4-5-17-20(13)12-31-24(17)30)22(29)11-27-9-18-19(10-27)23(18)21(28)6-15-3-2-14(7-25)8-26-15/h2-5,8,18-19,22-23,29H,6,9-12H2,1H3/t18?,19?,22-,23?/m0/s1. The van der Waals surface area contributed by atoms with Gasteiger partial charge in [-0.25, -0.2) is 4.79 Å². The monoisotopic (exact) mass is 417 g/mol. The molecule has 5 rings (SSSR count). The number of pyridine rings is 1. The molecule has 0 bridgehead atoms. The molecule has 2 aromatic rings. The van der Waals surface area contributed by atoms with E-state index in [9.17, 15) is 14.7 Å². The van der Waals surface area contributed by atoms with E-state index >= 15 is 0 Å². The first-order valence-corrected chi connectivity index (χ1v) is 10.5. The molecule has 1 aromatic heterocycles. The van der Waals surface area contributed by atoms with Gasteiger partial charge < -0.3 is 9.84 Å². The van der Waals surface area contributed by atoms with Crippen LogP contribution in [0, 0.1) is 36.0 Å². The van der Waals surface area contributed by atoms with Gasteiger partial charge in [-0.15, -0.1) is 0 Å². The molecule has 3 aliphatic rings. The van der Waals surface area contributed by atoms with Crippen molar-refractivity contribution in [3.8, 4) is 6.07 Å². The first kappa shape index (κ1) is 19.9. The Bertz CT molecular complexity index is 1090. The number of aromatic nitrogens is 1. The van der Waals surface area contributed by atoms with Crippen LogP contribution in [0.3, 0.4) is 0 Å². The predicted molar refractivity (Wildman–Crippen MR) is 110 cm³/mol. The first-order chi connectivity index (χ1) is 15.0. The lowest BCUT2D eigenvalue weighted by Crippen LogP contribution is -2.31. The summed E-state index contributed by atoms with van der Waals surface area (Å²) in [5.41, 5.74) is 4.41. The molecule has 0 spiro atoms. The second kappa shape index (κ2) is 7.56. The van der Waals surface area contributed by atoms with Crippen molar-refractivity contribution in [3.63, 3.8) is 0 Å². The molecule has 1 saturated carbocycles. The molecule has 3 atom stereocenters. The molecule has 1 saturated heterocycles. The molecular weight excluding hydrogens is 394 g/mol. The van der Waals surface area contributed by atoms with Crippen LogP contribution in [-0.4, -0.2) is 46.4 Å². The van der Waals surface area contributed by atoms with Crippen LogP contribution in [0.25, 0.3) is 0 Å². The number of β-amino-alcohol motifs (C(OH)–C–C–N with tert-alkyl or cyclic N) is 1. The van der Waals surface area contributed by atoms with Crippen LogP contribution in [0.5, 0.6) is 0 Å². The van der Waals surface area contributed by atoms with E-state index in [0.29, 0.717) is 41.6 Å². The van der Waals surface area contributed by atoms with Crippen molar-refractivity contribution in [2.24, 2.45) is 17.8 Å². The number of hydrogen-bond acceptors (Lipinski definition) is 7. The van der Waals surface area contributed by atoms with Crippen LogP contribution in [0.2, 0.25) is 0 Å². The van der Waals surface area contributed by atoms with E-state index in [-0.39, 0.29) is 24.3 Å². The quantitative estimate of drug-likeness (QED) is 0.717. The van der Waals surface area contributed by atoms with Crippen LogP contribution in [0.1, 0.15) is 44.4 Å². The Labute approximate surface area is 180 Å². The number of rotatable bonds is 6. The van der Waals surface area contributed by atoms with Crippen LogP contribution < -0.4 is 0 Å². The summed E-state index contributed by atoms with van der Waals surface area (Å²) in [5.74, 6) is 0.698. The number of carbonyl (C=O) groups is 2. The van der Waals surface area contributed by atoms with E-state index in [1.807, 2.05) is 19.1 Å². The van der Waals surface area contributed by atoms with Gasteiger partial charge in [0.15, 0.2) is 0 Å². The third-order valence-electron chi connectivity index (χ3n) is 6.95. The van der Waals surface area contributed by atoms with Crippen LogP contribution >= 0.6 is 0 Å². The molecule has 1 aliphatic carbocycles. The number of carbonyl (C=O) groups excluding carboxylic acids is 2. The van der Waals surface area contributed by atoms with Gasteiger partial charge in [0, 0.05) is 49.4 Å². The molecule has 0 amide bonds. The van der Waals surface area contributed by atoms with E-state index in [0.717, 1.165) is 29.8 Å². The zero-order chi connectivity index (χ0) is 21.7. The number of esters is 1. The van der Waals surface area contributed by atoms with Crippen molar-refractivity contribution in [2.45, 2.75) is 26.1 Å². The van der Waals surface area contributed by atoms with E-state index in [2.05, 4.69) is 9.88 Å². The number of benzene rings is 1. The summed E-state index contributed by atoms with van der Waals surface area (Å²) in [4.78, 5) is 30.8. The molecule has 7 nitrogen and oxygen atoms in total. The smallest absolute Gasteiger partial charge is 0.338 e. The number of nitriles is 1. The van der Waals surface area contributed by atoms with Crippen molar-refractivity contribution < 1.29 is 19.4 Å². The van der Waals surface area contributed by atoms with E-state index in [1.165, 1.54) is 6.20 Å². The molecule has 2 fully saturated rings. The average molecular weight is 417 g/mol. The molecule has 1 aromatic carbocycles. The molecule has 0 radical (unpaired) electrons. The van der Waals surface area contributed by atoms with Gasteiger partial charge in [0.1, 0.15) is 18.5 Å². The molecular formula is C24H23N3O4. The number of ether oxygens (including phenoxy) is 1. The predicted octanol–water partition coefficient (Wildman–Crippen LogP) is 1.96. The van der Waals surface area contributed by atoms with Crippen molar-refractivity contribution in [3.05, 3.63) is 64.0 Å². The number of Topliss-reactive ketones (excluding diaryl/α,β-unsaturated/α-hetero) is 1. The third-order valence-corrected chi connectivity index (χ3v) is 6.95. The number of aliphatic hydroxyl groups excluding tert-OH is 1. The summed E-state index contributed by atoms with van der Waals surface area (Å²) in [5, 5.41) is 19.7. The summed E-state index contributed by atoms with van der Waals surface area (Å²) in [6.45, 7) is 4.33. The van der Waals surface area contributed by atoms with E-state index in [4.69, 9.17) is 10.00 Å². The Morgan fingerprint density at radius 3 is 2.77 bits per heavy atom. The number of fused-ring (bicyclic) bond motifs is 2. The Hall–Kier alpha value is -3.08. The first-order valence-electron chi connectivity index (χ1n) is 10.5. The fraction of sp³-hybridized carbons (Fsp3) is 0.417. The lowest BCUT2D eigenvalue weighted by Gasteiger charge is -2.24. The fourth-order valence-corrected chi connectivity index (χ4v) is 5.20. The molecule has 158 valence electrons. The third kappa shape index (κ3) is 3.52. The minimum absolute atomic E-state index is 0.0794. The number of hydrogen-bond donors (Lipinski definition) is 1. The topological polar surface area (TPSA) is 104 Å². The number of piperidine rings is 1. The Balaban J connectivity index is 1.16. The maximum Gasteiger partial charge on any atom is 0.338 e. The molecule has 7 heteroatoms. The lowest BCUT2D eigenvalue weighted by atomic mass is 9.95. The van der Waals surface area contributed by atoms with Gasteiger partial charge >= 0.3 is 5.97 Å². The van der Waals surface area contributed by atoms with Gasteiger partial charge in [0.25, 0.3) is 0 Å². The number of ketones is 1. The fourth-order valence-electron chi connectivity index (χ4n) is 5.20. The van der Waals surface area contributed by atoms with Crippen molar-refractivity contribution in [1.29, 1.82) is 5.26 Å². The second-order valence-corrected chi connectivity index (χ2v) is 8.76. The van der Waals surface area contributed by atoms with Gasteiger partial charge in [-0.2, -0.15) is 5.26 Å². The van der Waals surface area contributed by atoms with E-state index in [1.54, 1.807) is 18.2 Å². The zero-order valence-electron chi connectivity index (χ0n) is 17.2. The highest BCUT2D eigenvalue weighted by molar-refractivity contribution is 5.94. The summed E-state index contributed by atoms with van der Waals surface area (Å²) < 4.78 is 5.10. The average Bonchev–Trinajstić information content (AvgIpc) is 3.06. The minimum atomic E-state index is -0.643. The molecule has 1 N–H and O–H groups in total. The maximum atomic E-state index is 12.7. The molecule has 2 aliphatic heterocycles. The largest absolute Gasteiger partial charge is 0.457 e. The van der Waals surface area contributed by atoms with Gasteiger partial charge in [0.05, 0.1) is 17.2 Å². The highest BCUT2D eigenvalue weighted by Gasteiger charge is 2.58. The summed E-state index contributed by atoms with van der Waals surface area (Å²) in [6.07, 6.45) is 1.17. The number of nitrogens with zero attached hydrogens (tertiary/aromatic N) is 3. The van der Waals surface area contributed by atoms with Crippen molar-refractivity contribution in [2.75, 3.05) is 19.6 Å². The SMILES string of the molecule is Cc1c([C@@H](O)CN2CC3C(C2)C3C(=O)Cc2ccc(C#N)cn2)ccc2c1COC2=O. The van der Waals surface area contributed by atoms with Gasteiger partial charge in [-0.1, -0.05) is 6.07 Å². The normalized spacial score (nSPS) is 24.8. The number of cyclic esters (lactones) is 1. The van der Waals surface area contributed by atoms with Gasteiger partial charge in [-0.05, 0) is 48.1 Å².